The van der Waals surface area contributed by atoms with Crippen molar-refractivity contribution in [2.75, 3.05) is 0 Å². The maximum Gasteiger partial charge on any atom is 0.345 e. The number of hydrogen-bond donors (Lipinski definition) is 1. The number of carboxylic acids is 1. The fourth-order valence-electron chi connectivity index (χ4n) is 1.86. The molecule has 2 heterocycles. The van der Waals surface area contributed by atoms with Gasteiger partial charge in [0.2, 0.25) is 0 Å². The van der Waals surface area contributed by atoms with Crippen molar-refractivity contribution in [1.82, 2.24) is 4.57 Å². The maximum absolute atomic E-state index is 12.2. The monoisotopic (exact) mass is 251 g/mol. The third-order valence-electron chi connectivity index (χ3n) is 2.66. The van der Waals surface area contributed by atoms with Gasteiger partial charge in [0.15, 0.2) is 0 Å². The number of fused-ring (bicyclic) bond motifs is 1. The molecule has 0 aliphatic carbocycles. The third kappa shape index (κ3) is 1.98. The van der Waals surface area contributed by atoms with Crippen LogP contribution in [0.2, 0.25) is 0 Å². The van der Waals surface area contributed by atoms with Crippen molar-refractivity contribution in [3.05, 3.63) is 33.1 Å². The SMILES string of the molecule is CCCn1c(C)cc2sc(C(=O)O)cc2c1=O. The van der Waals surface area contributed by atoms with Crippen LogP contribution in [0.15, 0.2) is 16.9 Å². The molecule has 0 saturated heterocycles. The molecule has 5 heteroatoms. The van der Waals surface area contributed by atoms with Crippen LogP contribution in [0.3, 0.4) is 0 Å². The van der Waals surface area contributed by atoms with Crippen molar-refractivity contribution < 1.29 is 9.90 Å². The van der Waals surface area contributed by atoms with Crippen molar-refractivity contribution in [2.45, 2.75) is 26.8 Å². The van der Waals surface area contributed by atoms with Gasteiger partial charge in [0.05, 0.1) is 5.39 Å². The summed E-state index contributed by atoms with van der Waals surface area (Å²) in [5.74, 6) is -0.981. The van der Waals surface area contributed by atoms with E-state index in [0.717, 1.165) is 28.2 Å². The first kappa shape index (κ1) is 11.9. The highest BCUT2D eigenvalue weighted by molar-refractivity contribution is 7.20. The van der Waals surface area contributed by atoms with Gasteiger partial charge >= 0.3 is 5.97 Å². The second kappa shape index (κ2) is 4.33. The van der Waals surface area contributed by atoms with E-state index in [2.05, 4.69) is 0 Å². The summed E-state index contributed by atoms with van der Waals surface area (Å²) in [5, 5.41) is 9.43. The number of aryl methyl sites for hydroxylation is 1. The van der Waals surface area contributed by atoms with Crippen LogP contribution in [0.25, 0.3) is 10.1 Å². The predicted octanol–water partition coefficient (Wildman–Crippen LogP) is 2.48. The fraction of sp³-hybridized carbons (Fsp3) is 0.333. The summed E-state index contributed by atoms with van der Waals surface area (Å²) in [6.45, 7) is 4.54. The Morgan fingerprint density at radius 2 is 2.18 bits per heavy atom. The van der Waals surface area contributed by atoms with E-state index in [0.29, 0.717) is 11.9 Å². The van der Waals surface area contributed by atoms with Crippen molar-refractivity contribution in [1.29, 1.82) is 0 Å². The van der Waals surface area contributed by atoms with Gasteiger partial charge in [0.1, 0.15) is 4.88 Å². The van der Waals surface area contributed by atoms with Gasteiger partial charge in [-0.2, -0.15) is 0 Å². The molecule has 17 heavy (non-hydrogen) atoms. The van der Waals surface area contributed by atoms with Gasteiger partial charge in [-0.05, 0) is 25.5 Å². The predicted molar refractivity (Wildman–Crippen MR) is 68.1 cm³/mol. The Labute approximate surface area is 102 Å². The van der Waals surface area contributed by atoms with Crippen molar-refractivity contribution in [2.24, 2.45) is 0 Å². The minimum Gasteiger partial charge on any atom is -0.477 e. The summed E-state index contributed by atoms with van der Waals surface area (Å²) in [4.78, 5) is 23.2. The van der Waals surface area contributed by atoms with E-state index < -0.39 is 5.97 Å². The van der Waals surface area contributed by atoms with Crippen LogP contribution in [-0.4, -0.2) is 15.6 Å². The van der Waals surface area contributed by atoms with Crippen LogP contribution in [0.1, 0.15) is 28.7 Å². The Hall–Kier alpha value is -1.62. The first-order valence-corrected chi connectivity index (χ1v) is 6.23. The molecule has 0 radical (unpaired) electrons. The molecule has 0 saturated carbocycles. The molecule has 0 spiro atoms. The number of thiophene rings is 1. The topological polar surface area (TPSA) is 59.3 Å². The third-order valence-corrected chi connectivity index (χ3v) is 3.73. The number of aromatic nitrogens is 1. The van der Waals surface area contributed by atoms with E-state index in [1.54, 1.807) is 4.57 Å². The average Bonchev–Trinajstić information content (AvgIpc) is 2.68. The molecule has 90 valence electrons. The molecular weight excluding hydrogens is 238 g/mol. The Morgan fingerprint density at radius 1 is 1.47 bits per heavy atom. The van der Waals surface area contributed by atoms with Crippen LogP contribution in [0.4, 0.5) is 0 Å². The van der Waals surface area contributed by atoms with Gasteiger partial charge in [0, 0.05) is 16.9 Å². The molecule has 0 aromatic carbocycles. The number of pyridine rings is 1. The van der Waals surface area contributed by atoms with Gasteiger partial charge < -0.3 is 9.67 Å². The maximum atomic E-state index is 12.2. The molecule has 0 fully saturated rings. The smallest absolute Gasteiger partial charge is 0.345 e. The molecule has 0 atom stereocenters. The quantitative estimate of drug-likeness (QED) is 0.911. The highest BCUT2D eigenvalue weighted by atomic mass is 32.1. The molecule has 4 nitrogen and oxygen atoms in total. The summed E-state index contributed by atoms with van der Waals surface area (Å²) in [6.07, 6.45) is 0.877. The van der Waals surface area contributed by atoms with Crippen LogP contribution in [0, 0.1) is 6.92 Å². The van der Waals surface area contributed by atoms with Crippen molar-refractivity contribution in [3.63, 3.8) is 0 Å². The fourth-order valence-corrected chi connectivity index (χ4v) is 2.85. The van der Waals surface area contributed by atoms with Crippen molar-refractivity contribution in [3.8, 4) is 0 Å². The van der Waals surface area contributed by atoms with Gasteiger partial charge in [-0.15, -0.1) is 11.3 Å². The summed E-state index contributed by atoms with van der Waals surface area (Å²) >= 11 is 1.15. The van der Waals surface area contributed by atoms with E-state index in [9.17, 15) is 9.59 Å². The molecule has 2 rings (SSSR count). The van der Waals surface area contributed by atoms with Gasteiger partial charge in [-0.1, -0.05) is 6.92 Å². The summed E-state index contributed by atoms with van der Waals surface area (Å²) in [7, 11) is 0. The van der Waals surface area contributed by atoms with Gasteiger partial charge in [0.25, 0.3) is 5.56 Å². The molecular formula is C12H13NO3S. The Bertz CT molecular complexity index is 639. The van der Waals surface area contributed by atoms with Crippen LogP contribution in [-0.2, 0) is 6.54 Å². The lowest BCUT2D eigenvalue weighted by Gasteiger charge is -2.07. The molecule has 0 amide bonds. The summed E-state index contributed by atoms with van der Waals surface area (Å²) in [5.41, 5.74) is 0.786. The Morgan fingerprint density at radius 3 is 2.76 bits per heavy atom. The van der Waals surface area contributed by atoms with Crippen LogP contribution < -0.4 is 5.56 Å². The second-order valence-electron chi connectivity index (χ2n) is 3.94. The summed E-state index contributed by atoms with van der Waals surface area (Å²) < 4.78 is 2.44. The summed E-state index contributed by atoms with van der Waals surface area (Å²) in [6, 6.07) is 3.35. The number of carboxylic acid groups (broad SMARTS) is 1. The van der Waals surface area contributed by atoms with E-state index in [1.807, 2.05) is 19.9 Å². The Balaban J connectivity index is 2.74. The first-order valence-electron chi connectivity index (χ1n) is 5.42. The van der Waals surface area contributed by atoms with Crippen LogP contribution in [0.5, 0.6) is 0 Å². The lowest BCUT2D eigenvalue weighted by atomic mass is 10.2. The highest BCUT2D eigenvalue weighted by Crippen LogP contribution is 2.24. The first-order chi connectivity index (χ1) is 8.04. The largest absolute Gasteiger partial charge is 0.477 e. The lowest BCUT2D eigenvalue weighted by molar-refractivity contribution is 0.0702. The average molecular weight is 251 g/mol. The minimum absolute atomic E-state index is 0.0920. The van der Waals surface area contributed by atoms with Crippen LogP contribution >= 0.6 is 11.3 Å². The number of nitrogens with zero attached hydrogens (tertiary/aromatic N) is 1. The highest BCUT2D eigenvalue weighted by Gasteiger charge is 2.13. The molecule has 2 aromatic rings. The normalized spacial score (nSPS) is 10.9. The van der Waals surface area contributed by atoms with E-state index in [-0.39, 0.29) is 10.4 Å². The molecule has 2 aromatic heterocycles. The number of aromatic carboxylic acids is 1. The molecule has 0 bridgehead atoms. The zero-order valence-corrected chi connectivity index (χ0v) is 10.5. The minimum atomic E-state index is -0.981. The zero-order chi connectivity index (χ0) is 12.6. The molecule has 0 aliphatic rings. The van der Waals surface area contributed by atoms with Crippen molar-refractivity contribution >= 4 is 27.4 Å². The number of hydrogen-bond acceptors (Lipinski definition) is 3. The van der Waals surface area contributed by atoms with E-state index in [4.69, 9.17) is 5.11 Å². The second-order valence-corrected chi connectivity index (χ2v) is 5.02. The van der Waals surface area contributed by atoms with Gasteiger partial charge in [-0.3, -0.25) is 4.79 Å². The van der Waals surface area contributed by atoms with Gasteiger partial charge in [-0.25, -0.2) is 4.79 Å². The molecule has 0 unspecified atom stereocenters. The number of rotatable bonds is 3. The standard InChI is InChI=1S/C12H13NO3S/c1-3-4-13-7(2)5-9-8(11(13)14)6-10(17-9)12(15)16/h5-6H,3-4H2,1-2H3,(H,15,16). The van der Waals surface area contributed by atoms with E-state index in [1.165, 1.54) is 6.07 Å². The Kier molecular flexibility index (Phi) is 3.02. The lowest BCUT2D eigenvalue weighted by Crippen LogP contribution is -2.21. The van der Waals surface area contributed by atoms with E-state index >= 15 is 0 Å². The zero-order valence-electron chi connectivity index (χ0n) is 9.69. The number of carbonyl (C=O) groups is 1. The molecule has 0 aliphatic heterocycles. The molecule has 1 N–H and O–H groups in total.